The van der Waals surface area contributed by atoms with Gasteiger partial charge in [0.05, 0.1) is 12.2 Å². The lowest BCUT2D eigenvalue weighted by atomic mass is 10.1. The normalized spacial score (nSPS) is 14.3. The number of aryl methyl sites for hydroxylation is 1. The first-order valence-corrected chi connectivity index (χ1v) is 8.98. The third-order valence-electron chi connectivity index (χ3n) is 3.41. The van der Waals surface area contributed by atoms with Gasteiger partial charge in [0, 0.05) is 4.43 Å². The van der Waals surface area contributed by atoms with Crippen LogP contribution < -0.4 is 0 Å². The standard InChI is InChI=1S/C17H27IO/c1-4-5-6-7-10-15(3)19-17(13-18)16-11-8-9-14(2)12-16/h8-9,11-12,15,17H,4-7,10,13H2,1-3H3. The number of alkyl halides is 1. The molecule has 1 aromatic carbocycles. The molecule has 0 fully saturated rings. The van der Waals surface area contributed by atoms with E-state index in [1.54, 1.807) is 0 Å². The minimum atomic E-state index is 0.238. The van der Waals surface area contributed by atoms with Crippen molar-refractivity contribution in [2.45, 2.75) is 65.1 Å². The molecular formula is C17H27IO. The van der Waals surface area contributed by atoms with Crippen molar-refractivity contribution in [3.8, 4) is 0 Å². The summed E-state index contributed by atoms with van der Waals surface area (Å²) in [6, 6.07) is 8.69. The summed E-state index contributed by atoms with van der Waals surface area (Å²) in [4.78, 5) is 0. The molecule has 0 bridgehead atoms. The molecule has 0 aliphatic rings. The summed E-state index contributed by atoms with van der Waals surface area (Å²) in [5, 5.41) is 0. The van der Waals surface area contributed by atoms with Gasteiger partial charge >= 0.3 is 0 Å². The molecule has 2 atom stereocenters. The first kappa shape index (κ1) is 17.0. The molecule has 1 rings (SSSR count). The topological polar surface area (TPSA) is 9.23 Å². The van der Waals surface area contributed by atoms with Gasteiger partial charge in [-0.1, -0.05) is 85.0 Å². The molecule has 0 saturated carbocycles. The fourth-order valence-electron chi connectivity index (χ4n) is 2.28. The molecule has 0 aliphatic carbocycles. The van der Waals surface area contributed by atoms with Gasteiger partial charge in [0.15, 0.2) is 0 Å². The summed E-state index contributed by atoms with van der Waals surface area (Å²) in [6.07, 6.45) is 7.05. The van der Waals surface area contributed by atoms with Crippen LogP contribution in [0.5, 0.6) is 0 Å². The van der Waals surface area contributed by atoms with Crippen LogP contribution in [0.2, 0.25) is 0 Å². The molecule has 0 saturated heterocycles. The monoisotopic (exact) mass is 374 g/mol. The second-order valence-corrected chi connectivity index (χ2v) is 6.23. The Balaban J connectivity index is 2.43. The zero-order valence-electron chi connectivity index (χ0n) is 12.5. The highest BCUT2D eigenvalue weighted by Crippen LogP contribution is 2.24. The Morgan fingerprint density at radius 3 is 2.63 bits per heavy atom. The van der Waals surface area contributed by atoms with Crippen molar-refractivity contribution in [1.29, 1.82) is 0 Å². The summed E-state index contributed by atoms with van der Waals surface area (Å²) < 4.78 is 7.23. The minimum Gasteiger partial charge on any atom is -0.370 e. The van der Waals surface area contributed by atoms with Crippen LogP contribution in [0.25, 0.3) is 0 Å². The molecule has 2 unspecified atom stereocenters. The average molecular weight is 374 g/mol. The largest absolute Gasteiger partial charge is 0.370 e. The summed E-state index contributed by atoms with van der Waals surface area (Å²) in [7, 11) is 0. The van der Waals surface area contributed by atoms with Crippen molar-refractivity contribution in [2.75, 3.05) is 4.43 Å². The van der Waals surface area contributed by atoms with Crippen LogP contribution >= 0.6 is 22.6 Å². The van der Waals surface area contributed by atoms with E-state index in [0.29, 0.717) is 6.10 Å². The minimum absolute atomic E-state index is 0.238. The molecule has 2 heteroatoms. The van der Waals surface area contributed by atoms with E-state index in [2.05, 4.69) is 67.6 Å². The molecule has 0 aromatic heterocycles. The van der Waals surface area contributed by atoms with Crippen molar-refractivity contribution in [2.24, 2.45) is 0 Å². The van der Waals surface area contributed by atoms with E-state index in [9.17, 15) is 0 Å². The zero-order chi connectivity index (χ0) is 14.1. The number of rotatable bonds is 9. The molecule has 0 N–H and O–H groups in total. The number of benzene rings is 1. The van der Waals surface area contributed by atoms with Gasteiger partial charge < -0.3 is 4.74 Å². The summed E-state index contributed by atoms with van der Waals surface area (Å²) in [5.74, 6) is 0. The molecule has 0 heterocycles. The first-order chi connectivity index (χ1) is 9.17. The molecule has 0 spiro atoms. The molecule has 1 nitrogen and oxygen atoms in total. The molecular weight excluding hydrogens is 347 g/mol. The number of hydrogen-bond acceptors (Lipinski definition) is 1. The van der Waals surface area contributed by atoms with Crippen molar-refractivity contribution >= 4 is 22.6 Å². The Bertz CT molecular complexity index is 351. The Morgan fingerprint density at radius 1 is 1.21 bits per heavy atom. The first-order valence-electron chi connectivity index (χ1n) is 7.45. The third kappa shape index (κ3) is 6.75. The lowest BCUT2D eigenvalue weighted by Crippen LogP contribution is -2.15. The number of hydrogen-bond donors (Lipinski definition) is 0. The smallest absolute Gasteiger partial charge is 0.0917 e. The lowest BCUT2D eigenvalue weighted by molar-refractivity contribution is 0.00580. The third-order valence-corrected chi connectivity index (χ3v) is 4.21. The van der Waals surface area contributed by atoms with Crippen LogP contribution in [-0.2, 0) is 4.74 Å². The van der Waals surface area contributed by atoms with E-state index < -0.39 is 0 Å². The molecule has 0 aliphatic heterocycles. The number of unbranched alkanes of at least 4 members (excludes halogenated alkanes) is 3. The van der Waals surface area contributed by atoms with Gasteiger partial charge in [0.1, 0.15) is 0 Å². The molecule has 19 heavy (non-hydrogen) atoms. The van der Waals surface area contributed by atoms with Crippen LogP contribution in [0, 0.1) is 6.92 Å². The summed E-state index contributed by atoms with van der Waals surface area (Å²) in [5.41, 5.74) is 2.63. The van der Waals surface area contributed by atoms with E-state index in [1.165, 1.54) is 43.2 Å². The number of halogens is 1. The molecule has 1 aromatic rings. The van der Waals surface area contributed by atoms with Gasteiger partial charge in [0.25, 0.3) is 0 Å². The van der Waals surface area contributed by atoms with Crippen LogP contribution in [0.3, 0.4) is 0 Å². The van der Waals surface area contributed by atoms with E-state index in [-0.39, 0.29) is 6.10 Å². The van der Waals surface area contributed by atoms with Crippen molar-refractivity contribution in [3.05, 3.63) is 35.4 Å². The highest BCUT2D eigenvalue weighted by atomic mass is 127. The fraction of sp³-hybridized carbons (Fsp3) is 0.647. The van der Waals surface area contributed by atoms with Gasteiger partial charge in [-0.2, -0.15) is 0 Å². The Morgan fingerprint density at radius 2 is 2.00 bits per heavy atom. The molecule has 0 amide bonds. The highest BCUT2D eigenvalue weighted by Gasteiger charge is 2.14. The van der Waals surface area contributed by atoms with Crippen molar-refractivity contribution in [3.63, 3.8) is 0 Å². The average Bonchev–Trinajstić information content (AvgIpc) is 2.41. The molecule has 108 valence electrons. The quantitative estimate of drug-likeness (QED) is 0.299. The van der Waals surface area contributed by atoms with E-state index in [1.807, 2.05) is 0 Å². The van der Waals surface area contributed by atoms with Crippen LogP contribution in [0.1, 0.15) is 63.2 Å². The van der Waals surface area contributed by atoms with Crippen molar-refractivity contribution in [1.82, 2.24) is 0 Å². The summed E-state index contributed by atoms with van der Waals surface area (Å²) >= 11 is 2.42. The van der Waals surface area contributed by atoms with Gasteiger partial charge in [-0.05, 0) is 25.8 Å². The predicted octanol–water partition coefficient (Wildman–Crippen LogP) is 5.85. The van der Waals surface area contributed by atoms with Crippen LogP contribution in [-0.4, -0.2) is 10.5 Å². The Labute approximate surface area is 132 Å². The second-order valence-electron chi connectivity index (χ2n) is 5.35. The Kier molecular flexibility index (Phi) is 8.71. The molecule has 0 radical (unpaired) electrons. The maximum atomic E-state index is 6.21. The van der Waals surface area contributed by atoms with Gasteiger partial charge in [0.2, 0.25) is 0 Å². The highest BCUT2D eigenvalue weighted by molar-refractivity contribution is 14.1. The van der Waals surface area contributed by atoms with Crippen LogP contribution in [0.4, 0.5) is 0 Å². The second kappa shape index (κ2) is 9.76. The predicted molar refractivity (Wildman–Crippen MR) is 92.1 cm³/mol. The maximum Gasteiger partial charge on any atom is 0.0917 e. The Hall–Kier alpha value is -0.0900. The van der Waals surface area contributed by atoms with Gasteiger partial charge in [-0.3, -0.25) is 0 Å². The maximum absolute atomic E-state index is 6.21. The van der Waals surface area contributed by atoms with Crippen molar-refractivity contribution < 1.29 is 4.74 Å². The van der Waals surface area contributed by atoms with Crippen LogP contribution in [0.15, 0.2) is 24.3 Å². The number of ether oxygens (including phenoxy) is 1. The van der Waals surface area contributed by atoms with Gasteiger partial charge in [-0.25, -0.2) is 0 Å². The fourth-order valence-corrected chi connectivity index (χ4v) is 3.00. The summed E-state index contributed by atoms with van der Waals surface area (Å²) in [6.45, 7) is 6.60. The van der Waals surface area contributed by atoms with Gasteiger partial charge in [-0.15, -0.1) is 0 Å². The lowest BCUT2D eigenvalue weighted by Gasteiger charge is -2.21. The zero-order valence-corrected chi connectivity index (χ0v) is 14.7. The van der Waals surface area contributed by atoms with E-state index in [0.717, 1.165) is 4.43 Å². The van der Waals surface area contributed by atoms with E-state index >= 15 is 0 Å². The van der Waals surface area contributed by atoms with E-state index in [4.69, 9.17) is 4.74 Å². The SMILES string of the molecule is CCCCCCC(C)OC(CI)c1cccc(C)c1.